The van der Waals surface area contributed by atoms with Crippen LogP contribution in [0.25, 0.3) is 0 Å². The molecule has 2 unspecified atom stereocenters. The topological polar surface area (TPSA) is 81.8 Å². The van der Waals surface area contributed by atoms with Gasteiger partial charge in [0.05, 0.1) is 6.61 Å². The number of para-hydroxylation sites is 1. The van der Waals surface area contributed by atoms with E-state index < -0.39 is 12.1 Å². The Hall–Kier alpha value is -2.53. The molecule has 0 saturated carbocycles. The SMILES string of the molecule is NC1CCOc2c(OC(C(=O)O)c3ccccc3)cccc21. The molecule has 2 aromatic rings. The van der Waals surface area contributed by atoms with Crippen molar-refractivity contribution in [2.45, 2.75) is 18.6 Å². The van der Waals surface area contributed by atoms with Crippen LogP contribution in [0.4, 0.5) is 0 Å². The van der Waals surface area contributed by atoms with Crippen molar-refractivity contribution in [2.24, 2.45) is 5.73 Å². The highest BCUT2D eigenvalue weighted by molar-refractivity contribution is 5.75. The summed E-state index contributed by atoms with van der Waals surface area (Å²) in [5, 5.41) is 9.45. The van der Waals surface area contributed by atoms with Crippen LogP contribution in [0, 0.1) is 0 Å². The van der Waals surface area contributed by atoms with E-state index in [1.54, 1.807) is 36.4 Å². The number of hydrogen-bond acceptors (Lipinski definition) is 4. The minimum atomic E-state index is -1.09. The molecule has 1 aliphatic rings. The second-order valence-electron chi connectivity index (χ2n) is 5.16. The van der Waals surface area contributed by atoms with E-state index in [2.05, 4.69) is 0 Å². The van der Waals surface area contributed by atoms with Crippen LogP contribution < -0.4 is 15.2 Å². The molecule has 0 aliphatic carbocycles. The van der Waals surface area contributed by atoms with Crippen LogP contribution in [0.1, 0.15) is 29.7 Å². The van der Waals surface area contributed by atoms with Crippen LogP contribution in [-0.2, 0) is 4.79 Å². The van der Waals surface area contributed by atoms with Crippen molar-refractivity contribution < 1.29 is 19.4 Å². The van der Waals surface area contributed by atoms with Crippen LogP contribution in [-0.4, -0.2) is 17.7 Å². The van der Waals surface area contributed by atoms with E-state index in [4.69, 9.17) is 15.2 Å². The van der Waals surface area contributed by atoms with Gasteiger partial charge in [-0.05, 0) is 6.07 Å². The van der Waals surface area contributed by atoms with Crippen molar-refractivity contribution in [1.29, 1.82) is 0 Å². The van der Waals surface area contributed by atoms with Crippen molar-refractivity contribution in [3.63, 3.8) is 0 Å². The van der Waals surface area contributed by atoms with Crippen LogP contribution >= 0.6 is 0 Å². The average Bonchev–Trinajstić information content (AvgIpc) is 2.54. The zero-order valence-corrected chi connectivity index (χ0v) is 11.9. The molecule has 0 bridgehead atoms. The Kier molecular flexibility index (Phi) is 3.98. The van der Waals surface area contributed by atoms with Crippen molar-refractivity contribution >= 4 is 5.97 Å². The molecule has 1 aliphatic heterocycles. The Morgan fingerprint density at radius 1 is 1.23 bits per heavy atom. The van der Waals surface area contributed by atoms with Gasteiger partial charge in [0, 0.05) is 23.6 Å². The molecule has 1 heterocycles. The number of aliphatic carboxylic acids is 1. The van der Waals surface area contributed by atoms with Crippen LogP contribution in [0.5, 0.6) is 11.5 Å². The smallest absolute Gasteiger partial charge is 0.349 e. The first-order chi connectivity index (χ1) is 10.7. The Labute approximate surface area is 128 Å². The standard InChI is InChI=1S/C17H17NO4/c18-13-9-10-21-16-12(13)7-4-8-14(16)22-15(17(19)20)11-5-2-1-3-6-11/h1-8,13,15H,9-10,18H2,(H,19,20). The lowest BCUT2D eigenvalue weighted by Gasteiger charge is -2.26. The van der Waals surface area contributed by atoms with Crippen LogP contribution in [0.2, 0.25) is 0 Å². The lowest BCUT2D eigenvalue weighted by molar-refractivity contribution is -0.145. The van der Waals surface area contributed by atoms with Crippen molar-refractivity contribution in [1.82, 2.24) is 0 Å². The molecule has 22 heavy (non-hydrogen) atoms. The van der Waals surface area contributed by atoms with E-state index in [0.29, 0.717) is 23.7 Å². The Bertz CT molecular complexity index is 672. The summed E-state index contributed by atoms with van der Waals surface area (Å²) in [7, 11) is 0. The quantitative estimate of drug-likeness (QED) is 0.907. The number of carboxylic acids is 1. The molecule has 0 aromatic heterocycles. The zero-order valence-electron chi connectivity index (χ0n) is 11.9. The van der Waals surface area contributed by atoms with Gasteiger partial charge < -0.3 is 20.3 Å². The van der Waals surface area contributed by atoms with Crippen molar-refractivity contribution in [2.75, 3.05) is 6.61 Å². The summed E-state index contributed by atoms with van der Waals surface area (Å²) in [6.45, 7) is 0.498. The van der Waals surface area contributed by atoms with E-state index in [1.165, 1.54) is 0 Å². The maximum Gasteiger partial charge on any atom is 0.349 e. The maximum absolute atomic E-state index is 11.5. The molecule has 0 spiro atoms. The predicted molar refractivity (Wildman–Crippen MR) is 80.9 cm³/mol. The highest BCUT2D eigenvalue weighted by atomic mass is 16.5. The number of carboxylic acid groups (broad SMARTS) is 1. The third-order valence-electron chi connectivity index (χ3n) is 3.66. The fourth-order valence-corrected chi connectivity index (χ4v) is 2.53. The van der Waals surface area contributed by atoms with E-state index in [-0.39, 0.29) is 6.04 Å². The summed E-state index contributed by atoms with van der Waals surface area (Å²) in [6.07, 6.45) is -0.355. The van der Waals surface area contributed by atoms with Gasteiger partial charge in [-0.2, -0.15) is 0 Å². The molecule has 3 rings (SSSR count). The molecule has 0 saturated heterocycles. The number of hydrogen-bond donors (Lipinski definition) is 2. The number of benzene rings is 2. The van der Waals surface area contributed by atoms with Gasteiger partial charge >= 0.3 is 5.97 Å². The first kappa shape index (κ1) is 14.4. The van der Waals surface area contributed by atoms with Gasteiger partial charge in [0.1, 0.15) is 0 Å². The molecule has 5 nitrogen and oxygen atoms in total. The highest BCUT2D eigenvalue weighted by Gasteiger charge is 2.26. The predicted octanol–water partition coefficient (Wildman–Crippen LogP) is 2.67. The number of nitrogens with two attached hydrogens (primary N) is 1. The minimum absolute atomic E-state index is 0.118. The highest BCUT2D eigenvalue weighted by Crippen LogP contribution is 2.40. The summed E-state index contributed by atoms with van der Waals surface area (Å²) in [6, 6.07) is 14.1. The second-order valence-corrected chi connectivity index (χ2v) is 5.16. The molecule has 2 aromatic carbocycles. The van der Waals surface area contributed by atoms with Crippen molar-refractivity contribution in [3.8, 4) is 11.5 Å². The molecule has 0 fully saturated rings. The normalized spacial score (nSPS) is 18.0. The van der Waals surface area contributed by atoms with Gasteiger partial charge in [-0.3, -0.25) is 0 Å². The first-order valence-corrected chi connectivity index (χ1v) is 7.12. The lowest BCUT2D eigenvalue weighted by Crippen LogP contribution is -2.23. The average molecular weight is 299 g/mol. The van der Waals surface area contributed by atoms with Crippen LogP contribution in [0.15, 0.2) is 48.5 Å². The molecule has 5 heteroatoms. The molecular weight excluding hydrogens is 282 g/mol. The Balaban J connectivity index is 1.94. The second kappa shape index (κ2) is 6.07. The van der Waals surface area contributed by atoms with Gasteiger partial charge in [-0.1, -0.05) is 42.5 Å². The molecular formula is C17H17NO4. The van der Waals surface area contributed by atoms with Gasteiger partial charge in [-0.15, -0.1) is 0 Å². The van der Waals surface area contributed by atoms with Crippen LogP contribution in [0.3, 0.4) is 0 Å². The maximum atomic E-state index is 11.5. The first-order valence-electron chi connectivity index (χ1n) is 7.12. The summed E-state index contributed by atoms with van der Waals surface area (Å²) in [5.41, 5.74) is 7.49. The number of ether oxygens (including phenoxy) is 2. The molecule has 0 amide bonds. The fourth-order valence-electron chi connectivity index (χ4n) is 2.53. The van der Waals surface area contributed by atoms with E-state index in [9.17, 15) is 9.90 Å². The lowest BCUT2D eigenvalue weighted by atomic mass is 10.0. The third kappa shape index (κ3) is 2.76. The van der Waals surface area contributed by atoms with Gasteiger partial charge in [0.15, 0.2) is 11.5 Å². The number of carbonyl (C=O) groups is 1. The Morgan fingerprint density at radius 2 is 2.00 bits per heavy atom. The molecule has 0 radical (unpaired) electrons. The molecule has 3 N–H and O–H groups in total. The minimum Gasteiger partial charge on any atom is -0.489 e. The summed E-state index contributed by atoms with van der Waals surface area (Å²) in [4.78, 5) is 11.5. The molecule has 2 atom stereocenters. The number of fused-ring (bicyclic) bond motifs is 1. The summed E-state index contributed by atoms with van der Waals surface area (Å²) < 4.78 is 11.4. The van der Waals surface area contributed by atoms with E-state index in [1.807, 2.05) is 12.1 Å². The fraction of sp³-hybridized carbons (Fsp3) is 0.235. The number of rotatable bonds is 4. The van der Waals surface area contributed by atoms with Gasteiger partial charge in [-0.25, -0.2) is 4.79 Å². The van der Waals surface area contributed by atoms with Crippen molar-refractivity contribution in [3.05, 3.63) is 59.7 Å². The van der Waals surface area contributed by atoms with Gasteiger partial charge in [0.2, 0.25) is 6.10 Å². The monoisotopic (exact) mass is 299 g/mol. The largest absolute Gasteiger partial charge is 0.489 e. The van der Waals surface area contributed by atoms with Gasteiger partial charge in [0.25, 0.3) is 0 Å². The summed E-state index contributed by atoms with van der Waals surface area (Å²) >= 11 is 0. The zero-order chi connectivity index (χ0) is 15.5. The molecule has 114 valence electrons. The van der Waals surface area contributed by atoms with E-state index >= 15 is 0 Å². The third-order valence-corrected chi connectivity index (χ3v) is 3.66. The van der Waals surface area contributed by atoms with E-state index in [0.717, 1.165) is 12.0 Å². The summed E-state index contributed by atoms with van der Waals surface area (Å²) in [5.74, 6) is -0.101. The Morgan fingerprint density at radius 3 is 2.73 bits per heavy atom.